The van der Waals surface area contributed by atoms with Crippen molar-refractivity contribution in [3.63, 3.8) is 0 Å². The summed E-state index contributed by atoms with van der Waals surface area (Å²) in [5.41, 5.74) is 3.41. The topological polar surface area (TPSA) is 49.6 Å². The van der Waals surface area contributed by atoms with Crippen molar-refractivity contribution in [1.82, 2.24) is 19.6 Å². The van der Waals surface area contributed by atoms with Crippen LogP contribution >= 0.6 is 11.8 Å². The summed E-state index contributed by atoms with van der Waals surface area (Å²) in [5.74, 6) is -0.00804. The SMILES string of the molecule is O=C(C=CC1=Cc2cnc3cccc(n23)S1)NC1CCN(CCCc2ccccc2)CC1. The van der Waals surface area contributed by atoms with Crippen LogP contribution in [-0.2, 0) is 11.2 Å². The molecule has 6 heteroatoms. The molecule has 0 unspecified atom stereocenters. The van der Waals surface area contributed by atoms with E-state index in [1.165, 1.54) is 12.0 Å². The number of benzene rings is 1. The molecule has 0 saturated carbocycles. The van der Waals surface area contributed by atoms with Gasteiger partial charge in [0.1, 0.15) is 5.65 Å². The summed E-state index contributed by atoms with van der Waals surface area (Å²) in [6.07, 6.45) is 11.9. The number of amides is 1. The van der Waals surface area contributed by atoms with E-state index in [0.29, 0.717) is 0 Å². The molecule has 1 saturated heterocycles. The lowest BCUT2D eigenvalue weighted by Crippen LogP contribution is -2.44. The summed E-state index contributed by atoms with van der Waals surface area (Å²) in [5, 5.41) is 4.31. The fourth-order valence-electron chi connectivity index (χ4n) is 4.45. The third-order valence-electron chi connectivity index (χ3n) is 6.15. The van der Waals surface area contributed by atoms with E-state index in [-0.39, 0.29) is 11.9 Å². The number of hydrogen-bond acceptors (Lipinski definition) is 4. The maximum atomic E-state index is 12.5. The second kappa shape index (κ2) is 9.76. The number of carbonyl (C=O) groups excluding carboxylic acids is 1. The Balaban J connectivity index is 1.06. The summed E-state index contributed by atoms with van der Waals surface area (Å²) in [4.78, 5) is 20.5. The Morgan fingerprint density at radius 2 is 1.97 bits per heavy atom. The van der Waals surface area contributed by atoms with Crippen molar-refractivity contribution >= 4 is 29.4 Å². The predicted molar refractivity (Wildman–Crippen MR) is 131 cm³/mol. The maximum Gasteiger partial charge on any atom is 0.244 e. The Labute approximate surface area is 193 Å². The second-order valence-corrected chi connectivity index (χ2v) is 9.53. The predicted octanol–water partition coefficient (Wildman–Crippen LogP) is 4.55. The van der Waals surface area contributed by atoms with Gasteiger partial charge in [-0.15, -0.1) is 0 Å². The fourth-order valence-corrected chi connectivity index (χ4v) is 5.44. The molecule has 1 fully saturated rings. The van der Waals surface area contributed by atoms with Gasteiger partial charge in [-0.05, 0) is 62.1 Å². The van der Waals surface area contributed by atoms with Gasteiger partial charge in [-0.3, -0.25) is 9.20 Å². The van der Waals surface area contributed by atoms with Gasteiger partial charge >= 0.3 is 0 Å². The Morgan fingerprint density at radius 1 is 1.12 bits per heavy atom. The van der Waals surface area contributed by atoms with Crippen molar-refractivity contribution < 1.29 is 4.79 Å². The van der Waals surface area contributed by atoms with Gasteiger partial charge in [0, 0.05) is 30.1 Å². The lowest BCUT2D eigenvalue weighted by atomic mass is 10.0. The van der Waals surface area contributed by atoms with E-state index in [1.807, 2.05) is 24.4 Å². The van der Waals surface area contributed by atoms with Crippen molar-refractivity contribution in [2.45, 2.75) is 36.8 Å². The minimum absolute atomic E-state index is 0.00804. The van der Waals surface area contributed by atoms with E-state index in [0.717, 1.165) is 60.2 Å². The van der Waals surface area contributed by atoms with Gasteiger partial charge < -0.3 is 10.2 Å². The van der Waals surface area contributed by atoms with E-state index in [1.54, 1.807) is 17.8 Å². The highest BCUT2D eigenvalue weighted by Gasteiger charge is 2.20. The molecule has 0 aliphatic carbocycles. The standard InChI is InChI=1S/C26H28N4OS/c31-25(12-11-23-18-22-19-27-24-9-4-10-26(32-23)30(22)24)28-21-13-16-29(17-14-21)15-5-8-20-6-2-1-3-7-20/h1-4,6-7,9-12,18-19,21H,5,8,13-17H2,(H,28,31). The van der Waals surface area contributed by atoms with Gasteiger partial charge in [-0.1, -0.05) is 48.2 Å². The summed E-state index contributed by atoms with van der Waals surface area (Å²) in [7, 11) is 0. The quantitative estimate of drug-likeness (QED) is 0.543. The Bertz CT molecular complexity index is 1140. The molecule has 4 heterocycles. The third-order valence-corrected chi connectivity index (χ3v) is 7.17. The number of likely N-dealkylation sites (tertiary alicyclic amines) is 1. The summed E-state index contributed by atoms with van der Waals surface area (Å²) >= 11 is 1.66. The molecule has 32 heavy (non-hydrogen) atoms. The first-order valence-electron chi connectivity index (χ1n) is 11.4. The first kappa shape index (κ1) is 21.0. The first-order valence-corrected chi connectivity index (χ1v) is 12.2. The van der Waals surface area contributed by atoms with Gasteiger partial charge in [0.05, 0.1) is 16.9 Å². The smallest absolute Gasteiger partial charge is 0.244 e. The zero-order valence-corrected chi connectivity index (χ0v) is 18.9. The number of rotatable bonds is 7. The number of piperidine rings is 1. The Kier molecular flexibility index (Phi) is 6.41. The number of thioether (sulfide) groups is 1. The molecule has 1 N–H and O–H groups in total. The molecule has 164 valence electrons. The zero-order chi connectivity index (χ0) is 21.8. The fraction of sp³-hybridized carbons (Fsp3) is 0.308. The number of carbonyl (C=O) groups is 1. The van der Waals surface area contributed by atoms with E-state index in [2.05, 4.69) is 62.1 Å². The van der Waals surface area contributed by atoms with Gasteiger partial charge in [0.25, 0.3) is 0 Å². The average Bonchev–Trinajstić information content (AvgIpc) is 3.24. The Morgan fingerprint density at radius 3 is 2.81 bits per heavy atom. The van der Waals surface area contributed by atoms with Gasteiger partial charge in [-0.25, -0.2) is 4.98 Å². The number of aryl methyl sites for hydroxylation is 1. The first-order chi connectivity index (χ1) is 15.7. The molecule has 1 amide bonds. The second-order valence-electron chi connectivity index (χ2n) is 8.44. The minimum atomic E-state index is -0.00804. The molecule has 2 aromatic heterocycles. The van der Waals surface area contributed by atoms with E-state index in [9.17, 15) is 4.79 Å². The van der Waals surface area contributed by atoms with E-state index in [4.69, 9.17) is 0 Å². The van der Waals surface area contributed by atoms with Gasteiger partial charge in [-0.2, -0.15) is 0 Å². The number of pyridine rings is 1. The van der Waals surface area contributed by atoms with Crippen LogP contribution in [-0.4, -0.2) is 45.9 Å². The van der Waals surface area contributed by atoms with Crippen LogP contribution in [0.2, 0.25) is 0 Å². The molecule has 5 rings (SSSR count). The average molecular weight is 445 g/mol. The largest absolute Gasteiger partial charge is 0.350 e. The molecule has 1 aromatic carbocycles. The maximum absolute atomic E-state index is 12.5. The molecule has 0 atom stereocenters. The number of allylic oxidation sites excluding steroid dienone is 1. The monoisotopic (exact) mass is 444 g/mol. The van der Waals surface area contributed by atoms with E-state index >= 15 is 0 Å². The molecule has 0 radical (unpaired) electrons. The van der Waals surface area contributed by atoms with Crippen LogP contribution in [0.3, 0.4) is 0 Å². The van der Waals surface area contributed by atoms with Crippen LogP contribution in [0.15, 0.2) is 76.8 Å². The highest BCUT2D eigenvalue weighted by molar-refractivity contribution is 8.03. The molecule has 2 aliphatic heterocycles. The Hall–Kier alpha value is -2.83. The van der Waals surface area contributed by atoms with Crippen LogP contribution < -0.4 is 5.32 Å². The van der Waals surface area contributed by atoms with Crippen LogP contribution in [0, 0.1) is 0 Å². The van der Waals surface area contributed by atoms with Gasteiger partial charge in [0.2, 0.25) is 5.91 Å². The van der Waals surface area contributed by atoms with Crippen LogP contribution in [0.25, 0.3) is 11.7 Å². The lowest BCUT2D eigenvalue weighted by molar-refractivity contribution is -0.117. The highest BCUT2D eigenvalue weighted by atomic mass is 32.2. The minimum Gasteiger partial charge on any atom is -0.350 e. The number of hydrogen-bond donors (Lipinski definition) is 1. The van der Waals surface area contributed by atoms with Crippen LogP contribution in [0.1, 0.15) is 30.5 Å². The molecule has 5 nitrogen and oxygen atoms in total. The number of nitrogens with zero attached hydrogens (tertiary/aromatic N) is 3. The molecule has 0 spiro atoms. The van der Waals surface area contributed by atoms with Crippen molar-refractivity contribution in [2.75, 3.05) is 19.6 Å². The van der Waals surface area contributed by atoms with Crippen molar-refractivity contribution in [3.8, 4) is 0 Å². The molecular weight excluding hydrogens is 416 g/mol. The summed E-state index contributed by atoms with van der Waals surface area (Å²) < 4.78 is 2.13. The van der Waals surface area contributed by atoms with Crippen molar-refractivity contribution in [2.24, 2.45) is 0 Å². The van der Waals surface area contributed by atoms with Crippen LogP contribution in [0.4, 0.5) is 0 Å². The number of nitrogens with one attached hydrogen (secondary N) is 1. The van der Waals surface area contributed by atoms with E-state index < -0.39 is 0 Å². The highest BCUT2D eigenvalue weighted by Crippen LogP contribution is 2.34. The summed E-state index contributed by atoms with van der Waals surface area (Å²) in [6, 6.07) is 17.1. The van der Waals surface area contributed by atoms with Crippen molar-refractivity contribution in [3.05, 3.63) is 83.0 Å². The normalized spacial score (nSPS) is 17.1. The summed E-state index contributed by atoms with van der Waals surface area (Å²) in [6.45, 7) is 3.24. The molecule has 3 aromatic rings. The third kappa shape index (κ3) is 4.97. The molecular formula is C26H28N4OS. The zero-order valence-electron chi connectivity index (χ0n) is 18.1. The van der Waals surface area contributed by atoms with Crippen LogP contribution in [0.5, 0.6) is 0 Å². The van der Waals surface area contributed by atoms with Gasteiger partial charge in [0.15, 0.2) is 0 Å². The molecule has 0 bridgehead atoms. The molecule has 2 aliphatic rings. The number of aromatic nitrogens is 2. The lowest BCUT2D eigenvalue weighted by Gasteiger charge is -2.32. The van der Waals surface area contributed by atoms with Crippen molar-refractivity contribution in [1.29, 1.82) is 0 Å². The number of imidazole rings is 1.